The zero-order valence-electron chi connectivity index (χ0n) is 14.7. The first-order valence-corrected chi connectivity index (χ1v) is 9.46. The summed E-state index contributed by atoms with van der Waals surface area (Å²) < 4.78 is 28.3. The average molecular weight is 369 g/mol. The fourth-order valence-electron chi connectivity index (χ4n) is 2.64. The van der Waals surface area contributed by atoms with Crippen molar-refractivity contribution in [2.45, 2.75) is 11.8 Å². The molecule has 3 rings (SSSR count). The lowest BCUT2D eigenvalue weighted by Gasteiger charge is -2.13. The van der Waals surface area contributed by atoms with E-state index in [-0.39, 0.29) is 10.8 Å². The van der Waals surface area contributed by atoms with Crippen molar-refractivity contribution in [2.24, 2.45) is 0 Å². The summed E-state index contributed by atoms with van der Waals surface area (Å²) in [4.78, 5) is 17.9. The van der Waals surface area contributed by atoms with Crippen LogP contribution in [0.2, 0.25) is 0 Å². The Morgan fingerprint density at radius 1 is 1.08 bits per heavy atom. The number of hydrogen-bond donors (Lipinski definition) is 1. The van der Waals surface area contributed by atoms with Crippen molar-refractivity contribution >= 4 is 32.5 Å². The number of sulfonamides is 1. The second-order valence-electron chi connectivity index (χ2n) is 6.23. The van der Waals surface area contributed by atoms with Gasteiger partial charge in [0.25, 0.3) is 15.9 Å². The van der Waals surface area contributed by atoms with E-state index in [1.807, 2.05) is 19.1 Å². The Labute approximate surface area is 152 Å². The number of nitrogens with one attached hydrogen (secondary N) is 1. The third kappa shape index (κ3) is 3.52. The lowest BCUT2D eigenvalue weighted by atomic mass is 10.2. The molecule has 0 aliphatic rings. The van der Waals surface area contributed by atoms with Crippen LogP contribution in [-0.2, 0) is 10.0 Å². The summed E-state index contributed by atoms with van der Waals surface area (Å²) in [6, 6.07) is 13.3. The molecule has 1 heterocycles. The topological polar surface area (TPSA) is 79.4 Å². The van der Waals surface area contributed by atoms with Gasteiger partial charge in [-0.15, -0.1) is 0 Å². The molecule has 134 valence electrons. The molecule has 0 saturated heterocycles. The summed E-state index contributed by atoms with van der Waals surface area (Å²) in [6.07, 6.45) is 1.64. The minimum Gasteiger partial charge on any atom is -0.345 e. The molecule has 0 bridgehead atoms. The molecule has 1 amide bonds. The van der Waals surface area contributed by atoms with Gasteiger partial charge in [-0.3, -0.25) is 14.5 Å². The summed E-state index contributed by atoms with van der Waals surface area (Å²) in [5.74, 6) is -0.201. The van der Waals surface area contributed by atoms with Gasteiger partial charge in [-0.2, -0.15) is 0 Å². The van der Waals surface area contributed by atoms with Crippen LogP contribution in [0.5, 0.6) is 0 Å². The molecule has 0 saturated carbocycles. The number of carbonyl (C=O) groups excluding carboxylic acids is 1. The average Bonchev–Trinajstić information content (AvgIpc) is 2.60. The molecule has 0 unspecified atom stereocenters. The molecule has 3 aromatic rings. The maximum absolute atomic E-state index is 12.9. The molecule has 1 aromatic heterocycles. The minimum absolute atomic E-state index is 0.0966. The molecule has 0 radical (unpaired) electrons. The number of benzene rings is 2. The number of pyridine rings is 1. The molecule has 6 nitrogen and oxygen atoms in total. The molecule has 0 aliphatic carbocycles. The summed E-state index contributed by atoms with van der Waals surface area (Å²) >= 11 is 0. The maximum atomic E-state index is 12.9. The zero-order chi connectivity index (χ0) is 18.9. The number of rotatable bonds is 4. The van der Waals surface area contributed by atoms with Crippen LogP contribution in [0.4, 0.5) is 5.69 Å². The lowest BCUT2D eigenvalue weighted by molar-refractivity contribution is 0.0827. The number of anilines is 1. The van der Waals surface area contributed by atoms with Crippen LogP contribution in [-0.4, -0.2) is 38.3 Å². The molecule has 0 fully saturated rings. The number of aromatic nitrogens is 1. The van der Waals surface area contributed by atoms with Crippen molar-refractivity contribution in [3.05, 3.63) is 65.9 Å². The normalized spacial score (nSPS) is 11.3. The summed E-state index contributed by atoms with van der Waals surface area (Å²) in [5.41, 5.74) is 2.09. The van der Waals surface area contributed by atoms with Crippen LogP contribution in [0, 0.1) is 6.92 Å². The van der Waals surface area contributed by atoms with Crippen molar-refractivity contribution < 1.29 is 13.2 Å². The highest BCUT2D eigenvalue weighted by Crippen LogP contribution is 2.24. The third-order valence-electron chi connectivity index (χ3n) is 3.87. The Hall–Kier alpha value is -2.93. The van der Waals surface area contributed by atoms with Gasteiger partial charge in [0.15, 0.2) is 0 Å². The fourth-order valence-corrected chi connectivity index (χ4v) is 3.87. The maximum Gasteiger partial charge on any atom is 0.264 e. The molecule has 0 aliphatic heterocycles. The molecule has 0 spiro atoms. The number of amides is 1. The molecule has 1 N–H and O–H groups in total. The Balaban J connectivity index is 2.00. The smallest absolute Gasteiger partial charge is 0.264 e. The predicted octanol–water partition coefficient (Wildman–Crippen LogP) is 3.05. The van der Waals surface area contributed by atoms with Gasteiger partial charge in [0, 0.05) is 36.9 Å². The number of fused-ring (bicyclic) bond motifs is 1. The van der Waals surface area contributed by atoms with Gasteiger partial charge in [0.2, 0.25) is 0 Å². The van der Waals surface area contributed by atoms with Gasteiger partial charge in [-0.25, -0.2) is 8.42 Å². The van der Waals surface area contributed by atoms with Crippen molar-refractivity contribution in [2.75, 3.05) is 18.8 Å². The van der Waals surface area contributed by atoms with Crippen LogP contribution in [0.15, 0.2) is 59.6 Å². The standard InChI is InChI=1S/C19H19N3O3S/c1-13-10-14-6-5-9-17(18(14)20-12-13)26(24,25)21-16-8-4-7-15(11-16)19(23)22(2)3/h4-12,21H,1-3H3. The summed E-state index contributed by atoms with van der Waals surface area (Å²) in [5, 5.41) is 0.754. The lowest BCUT2D eigenvalue weighted by Crippen LogP contribution is -2.22. The van der Waals surface area contributed by atoms with Crippen LogP contribution in [0.3, 0.4) is 0 Å². The van der Waals surface area contributed by atoms with Crippen molar-refractivity contribution in [3.63, 3.8) is 0 Å². The Kier molecular flexibility index (Phi) is 4.65. The zero-order valence-corrected chi connectivity index (χ0v) is 15.5. The molecule has 7 heteroatoms. The molecular weight excluding hydrogens is 350 g/mol. The number of hydrogen-bond acceptors (Lipinski definition) is 4. The van der Waals surface area contributed by atoms with E-state index in [1.165, 1.54) is 17.0 Å². The highest BCUT2D eigenvalue weighted by molar-refractivity contribution is 7.93. The van der Waals surface area contributed by atoms with E-state index < -0.39 is 10.0 Å². The second-order valence-corrected chi connectivity index (χ2v) is 7.88. The quantitative estimate of drug-likeness (QED) is 0.767. The van der Waals surface area contributed by atoms with Gasteiger partial charge in [0.05, 0.1) is 5.52 Å². The van der Waals surface area contributed by atoms with Crippen LogP contribution in [0.25, 0.3) is 10.9 Å². The van der Waals surface area contributed by atoms with Crippen molar-refractivity contribution in [1.82, 2.24) is 9.88 Å². The van der Waals surface area contributed by atoms with Gasteiger partial charge < -0.3 is 4.90 Å². The molecular formula is C19H19N3O3S. The largest absolute Gasteiger partial charge is 0.345 e. The monoisotopic (exact) mass is 369 g/mol. The fraction of sp³-hybridized carbons (Fsp3) is 0.158. The predicted molar refractivity (Wildman–Crippen MR) is 102 cm³/mol. The van der Waals surface area contributed by atoms with E-state index in [9.17, 15) is 13.2 Å². The van der Waals surface area contributed by atoms with Gasteiger partial charge in [0.1, 0.15) is 4.90 Å². The highest BCUT2D eigenvalue weighted by atomic mass is 32.2. The SMILES string of the molecule is Cc1cnc2c(S(=O)(=O)Nc3cccc(C(=O)N(C)C)c3)cccc2c1. The first-order chi connectivity index (χ1) is 12.3. The van der Waals surface area contributed by atoms with Crippen LogP contribution >= 0.6 is 0 Å². The minimum atomic E-state index is -3.85. The number of carbonyl (C=O) groups is 1. The first-order valence-electron chi connectivity index (χ1n) is 7.98. The molecule has 0 atom stereocenters. The van der Waals surface area contributed by atoms with E-state index in [1.54, 1.807) is 44.6 Å². The second kappa shape index (κ2) is 6.76. The summed E-state index contributed by atoms with van der Waals surface area (Å²) in [6.45, 7) is 1.90. The van der Waals surface area contributed by atoms with E-state index in [0.717, 1.165) is 10.9 Å². The molecule has 26 heavy (non-hydrogen) atoms. The van der Waals surface area contributed by atoms with Crippen molar-refractivity contribution in [3.8, 4) is 0 Å². The van der Waals surface area contributed by atoms with E-state index >= 15 is 0 Å². The Morgan fingerprint density at radius 2 is 1.81 bits per heavy atom. The number of nitrogens with zero attached hydrogens (tertiary/aromatic N) is 2. The highest BCUT2D eigenvalue weighted by Gasteiger charge is 2.19. The third-order valence-corrected chi connectivity index (χ3v) is 5.28. The van der Waals surface area contributed by atoms with E-state index in [0.29, 0.717) is 16.8 Å². The van der Waals surface area contributed by atoms with Gasteiger partial charge in [-0.05, 0) is 42.8 Å². The molecule has 2 aromatic carbocycles. The number of para-hydroxylation sites is 1. The van der Waals surface area contributed by atoms with Gasteiger partial charge in [-0.1, -0.05) is 18.2 Å². The van der Waals surface area contributed by atoms with E-state index in [4.69, 9.17) is 0 Å². The first kappa shape index (κ1) is 17.9. The van der Waals surface area contributed by atoms with Crippen LogP contribution in [0.1, 0.15) is 15.9 Å². The van der Waals surface area contributed by atoms with E-state index in [2.05, 4.69) is 9.71 Å². The van der Waals surface area contributed by atoms with Crippen molar-refractivity contribution in [1.29, 1.82) is 0 Å². The Bertz CT molecular complexity index is 1090. The Morgan fingerprint density at radius 3 is 2.54 bits per heavy atom. The van der Waals surface area contributed by atoms with Crippen LogP contribution < -0.4 is 4.72 Å². The number of aryl methyl sites for hydroxylation is 1. The van der Waals surface area contributed by atoms with Gasteiger partial charge >= 0.3 is 0 Å². The summed E-state index contributed by atoms with van der Waals surface area (Å²) in [7, 11) is -0.569.